The second-order valence-corrected chi connectivity index (χ2v) is 5.34. The third kappa shape index (κ3) is 4.78. The lowest BCUT2D eigenvalue weighted by molar-refractivity contribution is 0.402. The van der Waals surface area contributed by atoms with E-state index in [1.54, 1.807) is 0 Å². The van der Waals surface area contributed by atoms with Crippen LogP contribution < -0.4 is 5.32 Å². The quantitative estimate of drug-likeness (QED) is 0.809. The first-order valence-electron chi connectivity index (χ1n) is 6.53. The molecule has 0 saturated carbocycles. The summed E-state index contributed by atoms with van der Waals surface area (Å²) in [7, 11) is 4.19. The fourth-order valence-electron chi connectivity index (χ4n) is 2.03. The molecule has 0 saturated heterocycles. The zero-order valence-electron chi connectivity index (χ0n) is 11.8. The molecular weight excluding hydrogens is 208 g/mol. The minimum Gasteiger partial charge on any atom is -0.382 e. The lowest BCUT2D eigenvalue weighted by Gasteiger charge is -2.22. The van der Waals surface area contributed by atoms with Gasteiger partial charge in [-0.3, -0.25) is 0 Å². The predicted octanol–water partition coefficient (Wildman–Crippen LogP) is 3.59. The lowest BCUT2D eigenvalue weighted by Crippen LogP contribution is -2.24. The molecule has 0 aliphatic rings. The molecule has 96 valence electrons. The van der Waals surface area contributed by atoms with Crippen LogP contribution in [0.2, 0.25) is 0 Å². The average Bonchev–Trinajstić information content (AvgIpc) is 2.26. The van der Waals surface area contributed by atoms with Crippen LogP contribution in [0.1, 0.15) is 32.8 Å². The molecule has 1 aromatic carbocycles. The Morgan fingerprint density at radius 3 is 2.12 bits per heavy atom. The zero-order chi connectivity index (χ0) is 12.8. The summed E-state index contributed by atoms with van der Waals surface area (Å²) in [6.45, 7) is 7.77. The molecule has 1 N–H and O–H groups in total. The Morgan fingerprint density at radius 2 is 1.71 bits per heavy atom. The van der Waals surface area contributed by atoms with E-state index in [9.17, 15) is 0 Å². The van der Waals surface area contributed by atoms with Gasteiger partial charge in [0.05, 0.1) is 0 Å². The average molecular weight is 234 g/mol. The highest BCUT2D eigenvalue weighted by atomic mass is 15.0. The first-order chi connectivity index (χ1) is 8.02. The first-order valence-corrected chi connectivity index (χ1v) is 6.53. The SMILES string of the molecule is CCC(Nc1ccc(CN(C)C)cc1)C(C)C. The number of nitrogens with zero attached hydrogens (tertiary/aromatic N) is 1. The maximum Gasteiger partial charge on any atom is 0.0342 e. The van der Waals surface area contributed by atoms with Gasteiger partial charge in [-0.25, -0.2) is 0 Å². The van der Waals surface area contributed by atoms with E-state index in [-0.39, 0.29) is 0 Å². The molecule has 0 fully saturated rings. The van der Waals surface area contributed by atoms with E-state index in [4.69, 9.17) is 0 Å². The number of rotatable bonds is 6. The molecule has 0 bridgehead atoms. The van der Waals surface area contributed by atoms with Gasteiger partial charge in [-0.2, -0.15) is 0 Å². The van der Waals surface area contributed by atoms with Gasteiger partial charge >= 0.3 is 0 Å². The Bertz CT molecular complexity index is 314. The molecule has 0 heterocycles. The topological polar surface area (TPSA) is 15.3 Å². The molecule has 1 unspecified atom stereocenters. The van der Waals surface area contributed by atoms with Crippen LogP contribution in [0, 0.1) is 5.92 Å². The molecular formula is C15H26N2. The minimum absolute atomic E-state index is 0.565. The number of anilines is 1. The molecule has 0 amide bonds. The summed E-state index contributed by atoms with van der Waals surface area (Å²) in [6, 6.07) is 9.34. The first kappa shape index (κ1) is 14.0. The van der Waals surface area contributed by atoms with E-state index in [0.29, 0.717) is 12.0 Å². The summed E-state index contributed by atoms with van der Waals surface area (Å²) in [5.41, 5.74) is 2.59. The molecule has 0 radical (unpaired) electrons. The molecule has 17 heavy (non-hydrogen) atoms. The molecule has 1 rings (SSSR count). The van der Waals surface area contributed by atoms with Gasteiger partial charge in [-0.15, -0.1) is 0 Å². The van der Waals surface area contributed by atoms with Crippen molar-refractivity contribution in [3.63, 3.8) is 0 Å². The summed E-state index contributed by atoms with van der Waals surface area (Å²) < 4.78 is 0. The normalized spacial score (nSPS) is 13.1. The van der Waals surface area contributed by atoms with Crippen molar-refractivity contribution in [2.24, 2.45) is 5.92 Å². The second-order valence-electron chi connectivity index (χ2n) is 5.34. The van der Waals surface area contributed by atoms with E-state index >= 15 is 0 Å². The van der Waals surface area contributed by atoms with Crippen LogP contribution in [-0.4, -0.2) is 25.0 Å². The molecule has 0 aliphatic heterocycles. The second kappa shape index (κ2) is 6.65. The number of nitrogens with one attached hydrogen (secondary N) is 1. The van der Waals surface area contributed by atoms with Crippen LogP contribution in [-0.2, 0) is 6.54 Å². The maximum atomic E-state index is 3.60. The molecule has 1 atom stereocenters. The highest BCUT2D eigenvalue weighted by Gasteiger charge is 2.10. The standard InChI is InChI=1S/C15H26N2/c1-6-15(12(2)3)16-14-9-7-13(8-10-14)11-17(4)5/h7-10,12,15-16H,6,11H2,1-5H3. The van der Waals surface area contributed by atoms with Gasteiger partial charge in [-0.05, 0) is 44.1 Å². The Kier molecular flexibility index (Phi) is 5.49. The van der Waals surface area contributed by atoms with Crippen LogP contribution in [0.25, 0.3) is 0 Å². The largest absolute Gasteiger partial charge is 0.382 e. The maximum absolute atomic E-state index is 3.60. The number of hydrogen-bond donors (Lipinski definition) is 1. The molecule has 0 aliphatic carbocycles. The Hall–Kier alpha value is -1.02. The van der Waals surface area contributed by atoms with Crippen molar-refractivity contribution >= 4 is 5.69 Å². The van der Waals surface area contributed by atoms with E-state index in [1.807, 2.05) is 0 Å². The van der Waals surface area contributed by atoms with Gasteiger partial charge in [-0.1, -0.05) is 32.9 Å². The van der Waals surface area contributed by atoms with Gasteiger partial charge < -0.3 is 10.2 Å². The van der Waals surface area contributed by atoms with E-state index in [1.165, 1.54) is 11.3 Å². The highest BCUT2D eigenvalue weighted by molar-refractivity contribution is 5.45. The van der Waals surface area contributed by atoms with Crippen LogP contribution in [0.3, 0.4) is 0 Å². The summed E-state index contributed by atoms with van der Waals surface area (Å²) in [4.78, 5) is 2.19. The summed E-state index contributed by atoms with van der Waals surface area (Å²) in [6.07, 6.45) is 1.16. The van der Waals surface area contributed by atoms with E-state index in [0.717, 1.165) is 13.0 Å². The number of benzene rings is 1. The number of hydrogen-bond acceptors (Lipinski definition) is 2. The predicted molar refractivity (Wildman–Crippen MR) is 76.4 cm³/mol. The third-order valence-electron chi connectivity index (χ3n) is 3.05. The smallest absolute Gasteiger partial charge is 0.0342 e. The van der Waals surface area contributed by atoms with Crippen molar-refractivity contribution in [3.05, 3.63) is 29.8 Å². The van der Waals surface area contributed by atoms with Crippen molar-refractivity contribution in [1.29, 1.82) is 0 Å². The Balaban J connectivity index is 2.61. The summed E-state index contributed by atoms with van der Waals surface area (Å²) in [5, 5.41) is 3.60. The molecule has 2 nitrogen and oxygen atoms in total. The molecule has 2 heteroatoms. The van der Waals surface area contributed by atoms with Gasteiger partial charge in [0, 0.05) is 18.3 Å². The fourth-order valence-corrected chi connectivity index (χ4v) is 2.03. The van der Waals surface area contributed by atoms with Crippen molar-refractivity contribution in [2.75, 3.05) is 19.4 Å². The zero-order valence-corrected chi connectivity index (χ0v) is 11.8. The monoisotopic (exact) mass is 234 g/mol. The van der Waals surface area contributed by atoms with Gasteiger partial charge in [0.25, 0.3) is 0 Å². The van der Waals surface area contributed by atoms with Gasteiger partial charge in [0.1, 0.15) is 0 Å². The molecule has 0 spiro atoms. The Morgan fingerprint density at radius 1 is 1.12 bits per heavy atom. The van der Waals surface area contributed by atoms with Crippen molar-refractivity contribution < 1.29 is 0 Å². The van der Waals surface area contributed by atoms with Crippen LogP contribution in [0.4, 0.5) is 5.69 Å². The molecule has 0 aromatic heterocycles. The third-order valence-corrected chi connectivity index (χ3v) is 3.05. The molecule has 1 aromatic rings. The fraction of sp³-hybridized carbons (Fsp3) is 0.600. The summed E-state index contributed by atoms with van der Waals surface area (Å²) >= 11 is 0. The van der Waals surface area contributed by atoms with E-state index < -0.39 is 0 Å². The highest BCUT2D eigenvalue weighted by Crippen LogP contribution is 2.16. The van der Waals surface area contributed by atoms with E-state index in [2.05, 4.69) is 69.3 Å². The Labute approximate surface area is 106 Å². The van der Waals surface area contributed by atoms with Gasteiger partial charge in [0.2, 0.25) is 0 Å². The van der Waals surface area contributed by atoms with Crippen molar-refractivity contribution in [3.8, 4) is 0 Å². The minimum atomic E-state index is 0.565. The van der Waals surface area contributed by atoms with Crippen LogP contribution in [0.15, 0.2) is 24.3 Å². The van der Waals surface area contributed by atoms with Crippen LogP contribution >= 0.6 is 0 Å². The lowest BCUT2D eigenvalue weighted by atomic mass is 10.0. The van der Waals surface area contributed by atoms with Crippen LogP contribution in [0.5, 0.6) is 0 Å². The summed E-state index contributed by atoms with van der Waals surface area (Å²) in [5.74, 6) is 0.668. The van der Waals surface area contributed by atoms with Crippen molar-refractivity contribution in [1.82, 2.24) is 4.90 Å². The van der Waals surface area contributed by atoms with Gasteiger partial charge in [0.15, 0.2) is 0 Å². The van der Waals surface area contributed by atoms with Crippen molar-refractivity contribution in [2.45, 2.75) is 39.8 Å².